The first kappa shape index (κ1) is 47.8. The van der Waals surface area contributed by atoms with Crippen LogP contribution in [0, 0.1) is 0 Å². The lowest BCUT2D eigenvalue weighted by Crippen LogP contribution is -1.92. The van der Waals surface area contributed by atoms with E-state index in [1.165, 1.54) is 27.7 Å². The van der Waals surface area contributed by atoms with E-state index in [9.17, 15) is 19.2 Å². The Morgan fingerprint density at radius 1 is 0.395 bits per heavy atom. The Hall–Kier alpha value is -3.32. The molecule has 0 aliphatic carbocycles. The number of carbonyl (C=O) groups is 4. The molecule has 0 aromatic rings. The van der Waals surface area contributed by atoms with Gasteiger partial charge in [-0.1, -0.05) is 39.2 Å². The van der Waals surface area contributed by atoms with Crippen LogP contribution >= 0.6 is 0 Å². The number of aliphatic hydroxyl groups excluding tert-OH is 4. The third-order valence-electron chi connectivity index (χ3n) is 3.09. The van der Waals surface area contributed by atoms with E-state index in [0.717, 1.165) is 38.5 Å². The van der Waals surface area contributed by atoms with Crippen molar-refractivity contribution >= 4 is 23.9 Å². The number of rotatable bonds is 12. The smallest absolute Gasteiger partial charge is 0.330 e. The Bertz CT molecular complexity index is 528. The summed E-state index contributed by atoms with van der Waals surface area (Å²) >= 11 is 0. The molecule has 0 aromatic carbocycles. The summed E-state index contributed by atoms with van der Waals surface area (Å²) in [5.74, 6) is -3.74. The van der Waals surface area contributed by atoms with Gasteiger partial charge in [0.05, 0.1) is 0 Å². The number of hydrogen-bond acceptors (Lipinski definition) is 8. The Morgan fingerprint density at radius 3 is 0.579 bits per heavy atom. The summed E-state index contributed by atoms with van der Waals surface area (Å²) in [6, 6.07) is 0. The molecule has 0 atom stereocenters. The molecule has 12 heteroatoms. The van der Waals surface area contributed by atoms with Crippen molar-refractivity contribution in [3.63, 3.8) is 0 Å². The minimum absolute atomic E-state index is 0.176. The molecule has 0 spiro atoms. The zero-order chi connectivity index (χ0) is 31.7. The van der Waals surface area contributed by atoms with Crippen molar-refractivity contribution in [1.82, 2.24) is 0 Å². The van der Waals surface area contributed by atoms with Crippen molar-refractivity contribution in [1.29, 1.82) is 0 Å². The van der Waals surface area contributed by atoms with Crippen LogP contribution < -0.4 is 0 Å². The molecule has 8 N–H and O–H groups in total. The van der Waals surface area contributed by atoms with Crippen LogP contribution in [0.15, 0.2) is 48.6 Å². The summed E-state index contributed by atoms with van der Waals surface area (Å²) in [4.78, 5) is 38.4. The molecule has 0 radical (unpaired) electrons. The van der Waals surface area contributed by atoms with E-state index in [1.54, 1.807) is 0 Å². The molecule has 38 heavy (non-hydrogen) atoms. The van der Waals surface area contributed by atoms with Crippen molar-refractivity contribution in [3.05, 3.63) is 48.6 Å². The molecular formula is C26H48O12. The topological polar surface area (TPSA) is 230 Å². The summed E-state index contributed by atoms with van der Waals surface area (Å²) in [7, 11) is 0. The number of aliphatic carboxylic acids is 4. The molecule has 0 aliphatic rings. The van der Waals surface area contributed by atoms with E-state index in [0.29, 0.717) is 0 Å². The molecule has 0 amide bonds. The average molecular weight is 553 g/mol. The third kappa shape index (κ3) is 76.7. The summed E-state index contributed by atoms with van der Waals surface area (Å²) in [6.45, 7) is 19.4. The van der Waals surface area contributed by atoms with E-state index in [4.69, 9.17) is 40.9 Å². The molecule has 224 valence electrons. The molecule has 0 fully saturated rings. The lowest BCUT2D eigenvalue weighted by molar-refractivity contribution is -0.133. The zero-order valence-electron chi connectivity index (χ0n) is 23.1. The maximum Gasteiger partial charge on any atom is 0.330 e. The van der Waals surface area contributed by atoms with Gasteiger partial charge in [-0.3, -0.25) is 0 Å². The molecule has 0 aliphatic heterocycles. The summed E-state index contributed by atoms with van der Waals surface area (Å²) in [5.41, 5.74) is 0.704. The maximum absolute atomic E-state index is 9.60. The molecule has 0 heterocycles. The van der Waals surface area contributed by atoms with Gasteiger partial charge in [0.2, 0.25) is 0 Å². The number of carboxylic acid groups (broad SMARTS) is 4. The Morgan fingerprint density at radius 2 is 0.500 bits per heavy atom. The van der Waals surface area contributed by atoms with Crippen LogP contribution in [-0.4, -0.2) is 91.2 Å². The average Bonchev–Trinajstić information content (AvgIpc) is 2.82. The van der Waals surface area contributed by atoms with E-state index in [-0.39, 0.29) is 48.7 Å². The van der Waals surface area contributed by atoms with Crippen molar-refractivity contribution in [3.8, 4) is 0 Å². The number of carboxylic acids is 4. The first-order chi connectivity index (χ1) is 17.4. The highest BCUT2D eigenvalue weighted by Gasteiger charge is 1.91. The summed E-state index contributed by atoms with van der Waals surface area (Å²) < 4.78 is 0. The number of unbranched alkanes of at least 4 members (excludes halogenated alkanes) is 4. The zero-order valence-corrected chi connectivity index (χ0v) is 23.1. The van der Waals surface area contributed by atoms with Crippen molar-refractivity contribution in [2.75, 3.05) is 26.4 Å². The molecule has 0 unspecified atom stereocenters. The quantitative estimate of drug-likeness (QED) is 0.129. The lowest BCUT2D eigenvalue weighted by Gasteiger charge is -1.93. The molecule has 0 saturated carbocycles. The maximum atomic E-state index is 9.60. The van der Waals surface area contributed by atoms with Gasteiger partial charge in [0.1, 0.15) is 0 Å². The second kappa shape index (κ2) is 38.2. The summed E-state index contributed by atoms with van der Waals surface area (Å²) in [5, 5.41) is 64.3. The van der Waals surface area contributed by atoms with Crippen LogP contribution in [0.5, 0.6) is 0 Å². The van der Waals surface area contributed by atoms with E-state index >= 15 is 0 Å². The molecule has 12 nitrogen and oxygen atoms in total. The van der Waals surface area contributed by atoms with Crippen LogP contribution in [0.4, 0.5) is 0 Å². The second-order valence-corrected chi connectivity index (χ2v) is 7.36. The van der Waals surface area contributed by atoms with E-state index in [1.807, 2.05) is 0 Å². The fourth-order valence-corrected chi connectivity index (χ4v) is 0.801. The van der Waals surface area contributed by atoms with E-state index in [2.05, 4.69) is 26.3 Å². The molecule has 0 saturated heterocycles. The summed E-state index contributed by atoms with van der Waals surface area (Å²) in [6.07, 6.45) is 5.26. The SMILES string of the molecule is C=C(C)C(=O)O.C=C(C)C(=O)O.C=C(C)C(=O)O.C=C(C)C(=O)O.OCCCCCCO.OCCCCO. The van der Waals surface area contributed by atoms with Gasteiger partial charge < -0.3 is 40.9 Å². The molecule has 0 rings (SSSR count). The fourth-order valence-electron chi connectivity index (χ4n) is 0.801. The first-order valence-electron chi connectivity index (χ1n) is 11.4. The predicted molar refractivity (Wildman–Crippen MR) is 146 cm³/mol. The van der Waals surface area contributed by atoms with Crippen molar-refractivity contribution in [2.24, 2.45) is 0 Å². The monoisotopic (exact) mass is 552 g/mol. The standard InChI is InChI=1S/C6H14O2.4C4H6O2.C4H10O2/c7-5-3-1-2-4-6-8;4*1-3(2)4(5)6;5-3-1-2-4-6/h7-8H,1-6H2;4*1H2,2H3,(H,5,6);5-6H,1-4H2. The first-order valence-corrected chi connectivity index (χ1v) is 11.4. The minimum atomic E-state index is -0.935. The van der Waals surface area contributed by atoms with Gasteiger partial charge in [-0.25, -0.2) is 19.2 Å². The molecule has 0 aromatic heterocycles. The van der Waals surface area contributed by atoms with Crippen LogP contribution in [-0.2, 0) is 19.2 Å². The fraction of sp³-hybridized carbons (Fsp3) is 0.538. The van der Waals surface area contributed by atoms with Gasteiger partial charge in [-0.05, 0) is 53.4 Å². The van der Waals surface area contributed by atoms with Gasteiger partial charge in [0, 0.05) is 48.7 Å². The van der Waals surface area contributed by atoms with Gasteiger partial charge >= 0.3 is 23.9 Å². The normalized spacial score (nSPS) is 8.21. The van der Waals surface area contributed by atoms with Crippen LogP contribution in [0.1, 0.15) is 66.2 Å². The van der Waals surface area contributed by atoms with E-state index < -0.39 is 23.9 Å². The molecule has 0 bridgehead atoms. The predicted octanol–water partition coefficient (Wildman–Crippen LogP) is 2.87. The van der Waals surface area contributed by atoms with Crippen LogP contribution in [0.3, 0.4) is 0 Å². The highest BCUT2D eigenvalue weighted by atomic mass is 16.4. The molecular weight excluding hydrogens is 504 g/mol. The van der Waals surface area contributed by atoms with Crippen molar-refractivity contribution < 1.29 is 60.0 Å². The van der Waals surface area contributed by atoms with Gasteiger partial charge in [-0.2, -0.15) is 0 Å². The van der Waals surface area contributed by atoms with Crippen LogP contribution in [0.25, 0.3) is 0 Å². The largest absolute Gasteiger partial charge is 0.478 e. The Balaban J connectivity index is -0.0000000812. The van der Waals surface area contributed by atoms with Crippen LogP contribution in [0.2, 0.25) is 0 Å². The van der Waals surface area contributed by atoms with Crippen molar-refractivity contribution in [2.45, 2.75) is 66.2 Å². The lowest BCUT2D eigenvalue weighted by atomic mass is 10.2. The van der Waals surface area contributed by atoms with Gasteiger partial charge in [0.15, 0.2) is 0 Å². The van der Waals surface area contributed by atoms with Gasteiger partial charge in [-0.15, -0.1) is 0 Å². The highest BCUT2D eigenvalue weighted by molar-refractivity contribution is 5.85. The number of hydrogen-bond donors (Lipinski definition) is 8. The Kier molecular flexibility index (Phi) is 48.1. The highest BCUT2D eigenvalue weighted by Crippen LogP contribution is 1.96. The minimum Gasteiger partial charge on any atom is -0.478 e. The van der Waals surface area contributed by atoms with Gasteiger partial charge in [0.25, 0.3) is 0 Å². The Labute approximate surface area is 225 Å². The second-order valence-electron chi connectivity index (χ2n) is 7.36. The third-order valence-corrected chi connectivity index (χ3v) is 3.09. The number of aliphatic hydroxyl groups is 4.